The van der Waals surface area contributed by atoms with Gasteiger partial charge in [-0.3, -0.25) is 48.4 Å². The average Bonchev–Trinajstić information content (AvgIpc) is 3.20. The van der Waals surface area contributed by atoms with Gasteiger partial charge in [0.05, 0.1) is 145 Å². The van der Waals surface area contributed by atoms with Crippen molar-refractivity contribution in [3.05, 3.63) is 0 Å². The molecule has 62 heavy (non-hydrogen) atoms. The third-order valence-corrected chi connectivity index (χ3v) is 8.84. The van der Waals surface area contributed by atoms with Gasteiger partial charge in [-0.1, -0.05) is 0 Å². The molecule has 0 spiro atoms. The van der Waals surface area contributed by atoms with Gasteiger partial charge in [-0.15, -0.1) is 0 Å². The molecule has 0 N–H and O–H groups in total. The van der Waals surface area contributed by atoms with Crippen LogP contribution in [0.25, 0.3) is 0 Å². The summed E-state index contributed by atoms with van der Waals surface area (Å²) < 4.78 is 61.0. The monoisotopic (exact) mass is 895 g/mol. The van der Waals surface area contributed by atoms with Crippen LogP contribution in [0.15, 0.2) is 0 Å². The predicted octanol–water partition coefficient (Wildman–Crippen LogP) is -0.344. The van der Waals surface area contributed by atoms with Crippen molar-refractivity contribution in [3.63, 3.8) is 0 Å². The Hall–Kier alpha value is -3.54. The van der Waals surface area contributed by atoms with Crippen molar-refractivity contribution < 1.29 is 80.9 Å². The van der Waals surface area contributed by atoms with Crippen LogP contribution in [0, 0.1) is 5.41 Å². The zero-order chi connectivity index (χ0) is 45.9. The van der Waals surface area contributed by atoms with Gasteiger partial charge < -0.3 is 52.1 Å². The Labute approximate surface area is 367 Å². The highest BCUT2D eigenvalue weighted by Gasteiger charge is 2.37. The van der Waals surface area contributed by atoms with Crippen LogP contribution in [0.2, 0.25) is 0 Å². The Balaban J connectivity index is 3.76. The van der Waals surface area contributed by atoms with E-state index in [1.54, 1.807) is 51.3 Å². The number of hydrogen-bond acceptors (Lipinski definition) is 21. The van der Waals surface area contributed by atoms with Crippen LogP contribution >= 0.6 is 0 Å². The molecule has 0 saturated carbocycles. The summed E-state index contributed by atoms with van der Waals surface area (Å²) in [5.41, 5.74) is -1.00. The Morgan fingerprint density at radius 2 is 0.565 bits per heavy atom. The second kappa shape index (κ2) is 35.9. The zero-order valence-electron chi connectivity index (χ0n) is 38.0. The zero-order valence-corrected chi connectivity index (χ0v) is 38.0. The van der Waals surface area contributed by atoms with E-state index in [0.717, 1.165) is 0 Å². The van der Waals surface area contributed by atoms with Crippen LogP contribution in [0.5, 0.6) is 0 Å². The summed E-state index contributed by atoms with van der Waals surface area (Å²) in [4.78, 5) is 83.7. The Morgan fingerprint density at radius 3 is 0.806 bits per heavy atom. The molecule has 0 atom stereocenters. The lowest BCUT2D eigenvalue weighted by Crippen LogP contribution is -2.55. The van der Waals surface area contributed by atoms with Crippen molar-refractivity contribution in [2.45, 2.75) is 41.5 Å². The van der Waals surface area contributed by atoms with E-state index in [1.165, 1.54) is 0 Å². The fourth-order valence-corrected chi connectivity index (χ4v) is 6.33. The highest BCUT2D eigenvalue weighted by Crippen LogP contribution is 2.24. The number of carbonyl (C=O) groups excluding carboxylic acids is 6. The van der Waals surface area contributed by atoms with E-state index in [1.807, 2.05) is 9.80 Å². The molecule has 0 aliphatic carbocycles. The van der Waals surface area contributed by atoms with E-state index in [9.17, 15) is 28.8 Å². The van der Waals surface area contributed by atoms with E-state index in [4.69, 9.17) is 52.1 Å². The van der Waals surface area contributed by atoms with Crippen molar-refractivity contribution in [3.8, 4) is 0 Å². The summed E-state index contributed by atoms with van der Waals surface area (Å²) in [6, 6.07) is 0. The van der Waals surface area contributed by atoms with Gasteiger partial charge in [0, 0.05) is 44.7 Å². The van der Waals surface area contributed by atoms with Crippen LogP contribution in [-0.4, -0.2) is 240 Å². The topological polar surface area (TPSA) is 217 Å². The highest BCUT2D eigenvalue weighted by molar-refractivity contribution is 5.76. The molecule has 0 unspecified atom stereocenters. The quantitative estimate of drug-likeness (QED) is 0.0725. The fraction of sp³-hybridized carbons (Fsp3) is 0.854. The number of esters is 6. The van der Waals surface area contributed by atoms with E-state index < -0.39 is 41.2 Å². The lowest BCUT2D eigenvalue weighted by molar-refractivity contribution is -0.150. The maximum Gasteiger partial charge on any atom is 0.320 e. The molecular formula is C41H74N4O17. The molecule has 0 amide bonds. The van der Waals surface area contributed by atoms with E-state index in [0.29, 0.717) is 26.4 Å². The van der Waals surface area contributed by atoms with Crippen LogP contribution in [-0.2, 0) is 80.9 Å². The molecule has 21 nitrogen and oxygen atoms in total. The summed E-state index contributed by atoms with van der Waals surface area (Å²) in [5.74, 6) is -3.16. The first kappa shape index (κ1) is 56.5. The maximum absolute atomic E-state index is 13.2. The molecule has 1 fully saturated rings. The van der Waals surface area contributed by atoms with Crippen molar-refractivity contribution in [1.82, 2.24) is 19.6 Å². The number of rotatable bonds is 28. The van der Waals surface area contributed by atoms with Crippen molar-refractivity contribution in [1.29, 1.82) is 0 Å². The second-order valence-electron chi connectivity index (χ2n) is 14.1. The summed E-state index contributed by atoms with van der Waals surface area (Å²) in [7, 11) is 0. The van der Waals surface area contributed by atoms with Gasteiger partial charge in [-0.05, 0) is 41.5 Å². The standard InChI is InChI=1S/C41H74N4O17/c1-7-57-35(46)25-42(26-36(47)58-8-2)13-15-44(29-39(50)61-11-5)31-41(33-55-23-21-53-19-17-52-18-20-54-22-24-56-34-41)32-45(30-40(51)62-12-6)16-14-43(27-37(48)59-9-3)28-38(49)60-10-4/h7-34H2,1-6H3. The van der Waals surface area contributed by atoms with Gasteiger partial charge in [0.2, 0.25) is 0 Å². The van der Waals surface area contributed by atoms with E-state index in [-0.39, 0.29) is 158 Å². The molecule has 0 aromatic heterocycles. The maximum atomic E-state index is 13.2. The minimum Gasteiger partial charge on any atom is -0.465 e. The molecule has 1 saturated heterocycles. The first-order valence-corrected chi connectivity index (χ1v) is 21.6. The summed E-state index contributed by atoms with van der Waals surface area (Å²) in [6.45, 7) is 13.1. The molecule has 1 heterocycles. The van der Waals surface area contributed by atoms with Gasteiger partial charge in [0.1, 0.15) is 0 Å². The van der Waals surface area contributed by atoms with Crippen LogP contribution in [0.1, 0.15) is 41.5 Å². The van der Waals surface area contributed by atoms with Gasteiger partial charge in [-0.25, -0.2) is 0 Å². The lowest BCUT2D eigenvalue weighted by Gasteiger charge is -2.41. The van der Waals surface area contributed by atoms with Gasteiger partial charge >= 0.3 is 35.8 Å². The first-order valence-electron chi connectivity index (χ1n) is 21.6. The molecule has 0 radical (unpaired) electrons. The van der Waals surface area contributed by atoms with E-state index in [2.05, 4.69) is 0 Å². The summed E-state index contributed by atoms with van der Waals surface area (Å²) in [6.07, 6.45) is 0. The molecule has 0 aromatic carbocycles. The van der Waals surface area contributed by atoms with Crippen LogP contribution < -0.4 is 0 Å². The largest absolute Gasteiger partial charge is 0.465 e. The minimum atomic E-state index is -1.00. The Morgan fingerprint density at radius 1 is 0.355 bits per heavy atom. The number of hydrogen-bond donors (Lipinski definition) is 0. The van der Waals surface area contributed by atoms with Crippen molar-refractivity contribution in [2.75, 3.05) is 184 Å². The molecule has 0 bridgehead atoms. The Bertz CT molecular complexity index is 1130. The number of nitrogens with zero attached hydrogens (tertiary/aromatic N) is 4. The fourth-order valence-electron chi connectivity index (χ4n) is 6.33. The average molecular weight is 895 g/mol. The second-order valence-corrected chi connectivity index (χ2v) is 14.1. The summed E-state index contributed by atoms with van der Waals surface area (Å²) in [5, 5.41) is 0. The third kappa shape index (κ3) is 28.2. The first-order chi connectivity index (χ1) is 29.9. The number of carbonyl (C=O) groups is 6. The van der Waals surface area contributed by atoms with Crippen molar-refractivity contribution in [2.24, 2.45) is 5.41 Å². The third-order valence-electron chi connectivity index (χ3n) is 8.84. The SMILES string of the molecule is CCOC(=O)CN(CCN(CC(=O)OCC)CC1(CN(CCN(CC(=O)OCC)CC(=O)OCC)CC(=O)OCC)COCCOCCOCCOCCOC1)CC(=O)OCC. The van der Waals surface area contributed by atoms with Crippen LogP contribution in [0.4, 0.5) is 0 Å². The van der Waals surface area contributed by atoms with E-state index >= 15 is 0 Å². The van der Waals surface area contributed by atoms with Gasteiger partial charge in [-0.2, -0.15) is 0 Å². The van der Waals surface area contributed by atoms with Crippen molar-refractivity contribution >= 4 is 35.8 Å². The normalized spacial score (nSPS) is 15.6. The lowest BCUT2D eigenvalue weighted by atomic mass is 9.87. The number of ether oxygens (including phenoxy) is 11. The summed E-state index contributed by atoms with van der Waals surface area (Å²) >= 11 is 0. The molecule has 360 valence electrons. The molecule has 0 aromatic rings. The molecule has 21 heteroatoms. The molecule has 1 aliphatic heterocycles. The molecular weight excluding hydrogens is 820 g/mol. The molecule has 1 aliphatic rings. The Kier molecular flexibility index (Phi) is 32.7. The van der Waals surface area contributed by atoms with Gasteiger partial charge in [0.25, 0.3) is 0 Å². The molecule has 1 rings (SSSR count). The minimum absolute atomic E-state index is 0.0527. The highest BCUT2D eigenvalue weighted by atomic mass is 16.6. The van der Waals surface area contributed by atoms with Gasteiger partial charge in [0.15, 0.2) is 0 Å². The smallest absolute Gasteiger partial charge is 0.320 e. The predicted molar refractivity (Wildman–Crippen MR) is 222 cm³/mol. The van der Waals surface area contributed by atoms with Crippen LogP contribution in [0.3, 0.4) is 0 Å².